The third-order valence-corrected chi connectivity index (χ3v) is 3.22. The number of methoxy groups -OCH3 is 1. The molecule has 0 radical (unpaired) electrons. The van der Waals surface area contributed by atoms with Gasteiger partial charge in [-0.25, -0.2) is 5.43 Å². The number of rotatable bonds is 5. The standard InChI is InChI=1S/C17H15F3N2O2/c1-24-15(12-7-3-2-4-8-12)16(23)22-21-11-13-9-5-6-10-14(13)17(18,19)20/h2-11,15H,1H3,(H,22,23)/b21-11-/t15-/m0/s1. The van der Waals surface area contributed by atoms with Crippen LogP contribution in [0.4, 0.5) is 13.2 Å². The highest BCUT2D eigenvalue weighted by Gasteiger charge is 2.32. The quantitative estimate of drug-likeness (QED) is 0.671. The summed E-state index contributed by atoms with van der Waals surface area (Å²) < 4.78 is 43.7. The second kappa shape index (κ2) is 7.74. The molecule has 1 amide bonds. The van der Waals surface area contributed by atoms with Crippen LogP contribution in [0.5, 0.6) is 0 Å². The molecule has 2 aromatic carbocycles. The van der Waals surface area contributed by atoms with E-state index in [9.17, 15) is 18.0 Å². The van der Waals surface area contributed by atoms with Crippen molar-refractivity contribution in [1.29, 1.82) is 0 Å². The summed E-state index contributed by atoms with van der Waals surface area (Å²) in [4.78, 5) is 12.1. The zero-order valence-corrected chi connectivity index (χ0v) is 12.7. The second-order valence-electron chi connectivity index (χ2n) is 4.85. The van der Waals surface area contributed by atoms with Crippen LogP contribution in [0.2, 0.25) is 0 Å². The number of halogens is 3. The van der Waals surface area contributed by atoms with Crippen molar-refractivity contribution in [3.05, 3.63) is 71.3 Å². The minimum absolute atomic E-state index is 0.140. The molecule has 0 aliphatic carbocycles. The Bertz CT molecular complexity index is 715. The second-order valence-corrected chi connectivity index (χ2v) is 4.85. The van der Waals surface area contributed by atoms with Crippen LogP contribution >= 0.6 is 0 Å². The van der Waals surface area contributed by atoms with E-state index < -0.39 is 23.8 Å². The number of carbonyl (C=O) groups is 1. The average molecular weight is 336 g/mol. The van der Waals surface area contributed by atoms with Gasteiger partial charge in [-0.1, -0.05) is 48.5 Å². The SMILES string of the molecule is CO[C@H](C(=O)N/N=C\c1ccccc1C(F)(F)F)c1ccccc1. The number of hydrogen-bond acceptors (Lipinski definition) is 3. The lowest BCUT2D eigenvalue weighted by atomic mass is 10.1. The predicted octanol–water partition coefficient (Wildman–Crippen LogP) is 3.54. The van der Waals surface area contributed by atoms with Gasteiger partial charge >= 0.3 is 6.18 Å². The number of amides is 1. The predicted molar refractivity (Wildman–Crippen MR) is 83.4 cm³/mol. The van der Waals surface area contributed by atoms with Gasteiger partial charge in [-0.2, -0.15) is 18.3 Å². The van der Waals surface area contributed by atoms with Crippen LogP contribution in [0.25, 0.3) is 0 Å². The lowest BCUT2D eigenvalue weighted by Gasteiger charge is -2.13. The van der Waals surface area contributed by atoms with Crippen molar-refractivity contribution in [2.24, 2.45) is 5.10 Å². The van der Waals surface area contributed by atoms with E-state index in [0.717, 1.165) is 12.3 Å². The number of hydrogen-bond donors (Lipinski definition) is 1. The number of hydrazone groups is 1. The molecule has 0 saturated carbocycles. The van der Waals surface area contributed by atoms with Crippen LogP contribution in [0.1, 0.15) is 22.8 Å². The summed E-state index contributed by atoms with van der Waals surface area (Å²) in [6.07, 6.45) is -4.44. The maximum absolute atomic E-state index is 12.9. The summed E-state index contributed by atoms with van der Waals surface area (Å²) >= 11 is 0. The first-order valence-electron chi connectivity index (χ1n) is 7.00. The lowest BCUT2D eigenvalue weighted by molar-refractivity contribution is -0.137. The monoisotopic (exact) mass is 336 g/mol. The van der Waals surface area contributed by atoms with E-state index in [2.05, 4.69) is 10.5 Å². The van der Waals surface area contributed by atoms with E-state index in [1.807, 2.05) is 0 Å². The van der Waals surface area contributed by atoms with Crippen molar-refractivity contribution < 1.29 is 22.7 Å². The van der Waals surface area contributed by atoms with Gasteiger partial charge in [0.25, 0.3) is 5.91 Å². The van der Waals surface area contributed by atoms with Gasteiger partial charge in [0.1, 0.15) is 0 Å². The highest BCUT2D eigenvalue weighted by Crippen LogP contribution is 2.31. The molecule has 1 atom stereocenters. The van der Waals surface area contributed by atoms with Gasteiger partial charge < -0.3 is 4.74 Å². The molecule has 2 aromatic rings. The van der Waals surface area contributed by atoms with Crippen LogP contribution in [0.3, 0.4) is 0 Å². The molecule has 126 valence electrons. The number of nitrogens with zero attached hydrogens (tertiary/aromatic N) is 1. The Hall–Kier alpha value is -2.67. The molecule has 0 saturated heterocycles. The minimum Gasteiger partial charge on any atom is -0.367 e. The molecule has 0 bridgehead atoms. The average Bonchev–Trinajstić information content (AvgIpc) is 2.56. The Balaban J connectivity index is 2.10. The van der Waals surface area contributed by atoms with Gasteiger partial charge in [-0.3, -0.25) is 4.79 Å². The van der Waals surface area contributed by atoms with Crippen LogP contribution in [-0.2, 0) is 15.7 Å². The molecule has 7 heteroatoms. The molecule has 4 nitrogen and oxygen atoms in total. The Morgan fingerprint density at radius 3 is 2.38 bits per heavy atom. The van der Waals surface area contributed by atoms with Crippen LogP contribution in [0.15, 0.2) is 59.7 Å². The minimum atomic E-state index is -4.49. The Morgan fingerprint density at radius 2 is 1.75 bits per heavy atom. The highest BCUT2D eigenvalue weighted by molar-refractivity contribution is 5.86. The molecule has 0 spiro atoms. The van der Waals surface area contributed by atoms with Gasteiger partial charge in [0.2, 0.25) is 0 Å². The first kappa shape index (κ1) is 17.7. The van der Waals surface area contributed by atoms with Crippen LogP contribution in [0, 0.1) is 0 Å². The Morgan fingerprint density at radius 1 is 1.12 bits per heavy atom. The van der Waals surface area contributed by atoms with Crippen molar-refractivity contribution in [1.82, 2.24) is 5.43 Å². The molecular weight excluding hydrogens is 321 g/mol. The van der Waals surface area contributed by atoms with Gasteiger partial charge in [0.15, 0.2) is 6.10 Å². The maximum Gasteiger partial charge on any atom is 0.417 e. The third-order valence-electron chi connectivity index (χ3n) is 3.22. The smallest absolute Gasteiger partial charge is 0.367 e. The fraction of sp³-hybridized carbons (Fsp3) is 0.176. The molecule has 0 heterocycles. The largest absolute Gasteiger partial charge is 0.417 e. The van der Waals surface area contributed by atoms with Crippen molar-refractivity contribution in [2.75, 3.05) is 7.11 Å². The van der Waals surface area contributed by atoms with Gasteiger partial charge in [-0.15, -0.1) is 0 Å². The Kier molecular flexibility index (Phi) is 5.70. The van der Waals surface area contributed by atoms with E-state index >= 15 is 0 Å². The van der Waals surface area contributed by atoms with Crippen molar-refractivity contribution in [3.8, 4) is 0 Å². The van der Waals surface area contributed by atoms with Gasteiger partial charge in [-0.05, 0) is 11.6 Å². The van der Waals surface area contributed by atoms with Crippen molar-refractivity contribution in [3.63, 3.8) is 0 Å². The lowest BCUT2D eigenvalue weighted by Crippen LogP contribution is -2.26. The number of carbonyl (C=O) groups excluding carboxylic acids is 1. The summed E-state index contributed by atoms with van der Waals surface area (Å²) in [5, 5.41) is 3.61. The zero-order chi connectivity index (χ0) is 17.6. The summed E-state index contributed by atoms with van der Waals surface area (Å²) in [7, 11) is 1.36. The maximum atomic E-state index is 12.9. The van der Waals surface area contributed by atoms with E-state index in [1.165, 1.54) is 25.3 Å². The molecular formula is C17H15F3N2O2. The van der Waals surface area contributed by atoms with E-state index in [4.69, 9.17) is 4.74 Å². The number of ether oxygens (including phenoxy) is 1. The normalized spacial score (nSPS) is 13.0. The molecule has 0 fully saturated rings. The molecule has 0 aromatic heterocycles. The fourth-order valence-electron chi connectivity index (χ4n) is 2.11. The molecule has 2 rings (SSSR count). The zero-order valence-electron chi connectivity index (χ0n) is 12.7. The first-order chi connectivity index (χ1) is 11.4. The summed E-state index contributed by atoms with van der Waals surface area (Å²) in [6, 6.07) is 13.7. The molecule has 0 aliphatic rings. The van der Waals surface area contributed by atoms with Gasteiger partial charge in [0, 0.05) is 12.7 Å². The molecule has 1 N–H and O–H groups in total. The third kappa shape index (κ3) is 4.42. The van der Waals surface area contributed by atoms with Crippen molar-refractivity contribution >= 4 is 12.1 Å². The first-order valence-corrected chi connectivity index (χ1v) is 7.00. The summed E-state index contributed by atoms with van der Waals surface area (Å²) in [5.74, 6) is -0.579. The fourth-order valence-corrected chi connectivity index (χ4v) is 2.11. The Labute approximate surface area is 137 Å². The van der Waals surface area contributed by atoms with Crippen LogP contribution in [-0.4, -0.2) is 19.2 Å². The molecule has 0 unspecified atom stereocenters. The highest BCUT2D eigenvalue weighted by atomic mass is 19.4. The molecule has 24 heavy (non-hydrogen) atoms. The number of nitrogens with one attached hydrogen (secondary N) is 1. The van der Waals surface area contributed by atoms with Crippen LogP contribution < -0.4 is 5.43 Å². The topological polar surface area (TPSA) is 50.7 Å². The summed E-state index contributed by atoms with van der Waals surface area (Å²) in [5.41, 5.74) is 1.85. The van der Waals surface area contributed by atoms with Gasteiger partial charge in [0.05, 0.1) is 11.8 Å². The van der Waals surface area contributed by atoms with E-state index in [0.29, 0.717) is 5.56 Å². The van der Waals surface area contributed by atoms with E-state index in [1.54, 1.807) is 30.3 Å². The summed E-state index contributed by atoms with van der Waals surface area (Å²) in [6.45, 7) is 0. The number of benzene rings is 2. The number of alkyl halides is 3. The molecule has 0 aliphatic heterocycles. The van der Waals surface area contributed by atoms with Crippen molar-refractivity contribution in [2.45, 2.75) is 12.3 Å². The van der Waals surface area contributed by atoms with E-state index in [-0.39, 0.29) is 5.56 Å².